The van der Waals surface area contributed by atoms with E-state index in [-0.39, 0.29) is 0 Å². The molecule has 170 valence electrons. The lowest BCUT2D eigenvalue weighted by atomic mass is 9.88. The van der Waals surface area contributed by atoms with Crippen molar-refractivity contribution in [3.05, 3.63) is 58.1 Å². The van der Waals surface area contributed by atoms with Gasteiger partial charge >= 0.3 is 0 Å². The first kappa shape index (κ1) is 22.9. The van der Waals surface area contributed by atoms with Crippen molar-refractivity contribution in [2.24, 2.45) is 0 Å². The van der Waals surface area contributed by atoms with E-state index in [4.69, 9.17) is 21.6 Å². The van der Waals surface area contributed by atoms with Crippen molar-refractivity contribution >= 4 is 17.3 Å². The standard InChI is InChI=1S/C26H32ClN3O2/c1-20-16-21(19-29-11-2-3-12-29)4-7-25(20)32-15-10-26(31)8-13-30(14-9-26)23-6-5-22(18-28)24(27)17-23/h4-7,16-17,31H,2-3,8-15,19H2,1H3. The van der Waals surface area contributed by atoms with Crippen LogP contribution in [0.4, 0.5) is 5.69 Å². The van der Waals surface area contributed by atoms with E-state index in [1.165, 1.54) is 31.5 Å². The lowest BCUT2D eigenvalue weighted by Gasteiger charge is -2.39. The fourth-order valence-electron chi connectivity index (χ4n) is 4.74. The van der Waals surface area contributed by atoms with E-state index >= 15 is 0 Å². The molecule has 0 unspecified atom stereocenters. The van der Waals surface area contributed by atoms with Crippen LogP contribution in [-0.2, 0) is 6.54 Å². The van der Waals surface area contributed by atoms with E-state index in [0.29, 0.717) is 36.5 Å². The van der Waals surface area contributed by atoms with Gasteiger partial charge < -0.3 is 14.7 Å². The molecule has 6 heteroatoms. The highest BCUT2D eigenvalue weighted by molar-refractivity contribution is 6.32. The summed E-state index contributed by atoms with van der Waals surface area (Å²) in [5, 5.41) is 20.6. The number of nitriles is 1. The Hall–Kier alpha value is -2.26. The van der Waals surface area contributed by atoms with Gasteiger partial charge in [0, 0.05) is 31.7 Å². The number of hydrogen-bond donors (Lipinski definition) is 1. The quantitative estimate of drug-likeness (QED) is 0.645. The van der Waals surface area contributed by atoms with Gasteiger partial charge in [0.05, 0.1) is 22.8 Å². The zero-order chi connectivity index (χ0) is 22.6. The van der Waals surface area contributed by atoms with Crippen LogP contribution < -0.4 is 9.64 Å². The smallest absolute Gasteiger partial charge is 0.122 e. The Morgan fingerprint density at radius 1 is 1.09 bits per heavy atom. The Morgan fingerprint density at radius 2 is 1.84 bits per heavy atom. The molecule has 2 saturated heterocycles. The summed E-state index contributed by atoms with van der Waals surface area (Å²) in [6.45, 7) is 7.52. The summed E-state index contributed by atoms with van der Waals surface area (Å²) in [4.78, 5) is 4.72. The van der Waals surface area contributed by atoms with Crippen molar-refractivity contribution in [1.29, 1.82) is 5.26 Å². The van der Waals surface area contributed by atoms with Gasteiger partial charge in [0.25, 0.3) is 0 Å². The highest BCUT2D eigenvalue weighted by Gasteiger charge is 2.32. The molecule has 0 spiro atoms. The molecular formula is C26H32ClN3O2. The van der Waals surface area contributed by atoms with E-state index in [1.807, 2.05) is 12.1 Å². The maximum Gasteiger partial charge on any atom is 0.122 e. The number of hydrogen-bond acceptors (Lipinski definition) is 5. The van der Waals surface area contributed by atoms with Gasteiger partial charge in [-0.3, -0.25) is 4.90 Å². The number of halogens is 1. The van der Waals surface area contributed by atoms with Gasteiger partial charge in [-0.1, -0.05) is 23.7 Å². The van der Waals surface area contributed by atoms with Gasteiger partial charge in [0.2, 0.25) is 0 Å². The van der Waals surface area contributed by atoms with Gasteiger partial charge in [-0.25, -0.2) is 0 Å². The highest BCUT2D eigenvalue weighted by Crippen LogP contribution is 2.31. The van der Waals surface area contributed by atoms with Crippen LogP contribution in [0.3, 0.4) is 0 Å². The van der Waals surface area contributed by atoms with Gasteiger partial charge in [-0.05, 0) is 81.1 Å². The first-order chi connectivity index (χ1) is 15.5. The van der Waals surface area contributed by atoms with Crippen LogP contribution in [0.15, 0.2) is 36.4 Å². The van der Waals surface area contributed by atoms with E-state index in [9.17, 15) is 5.11 Å². The summed E-state index contributed by atoms with van der Waals surface area (Å²) >= 11 is 6.18. The molecule has 1 N–H and O–H groups in total. The number of likely N-dealkylation sites (tertiary alicyclic amines) is 1. The maximum absolute atomic E-state index is 11.0. The number of aryl methyl sites for hydroxylation is 1. The van der Waals surface area contributed by atoms with Gasteiger partial charge in [-0.2, -0.15) is 5.26 Å². The second-order valence-corrected chi connectivity index (χ2v) is 9.58. The predicted octanol–water partition coefficient (Wildman–Crippen LogP) is 4.92. The third-order valence-corrected chi connectivity index (χ3v) is 7.11. The first-order valence-electron chi connectivity index (χ1n) is 11.6. The minimum Gasteiger partial charge on any atom is -0.493 e. The largest absolute Gasteiger partial charge is 0.493 e. The van der Waals surface area contributed by atoms with Crippen LogP contribution >= 0.6 is 11.6 Å². The second-order valence-electron chi connectivity index (χ2n) is 9.17. The third kappa shape index (κ3) is 5.56. The third-order valence-electron chi connectivity index (χ3n) is 6.80. The molecule has 5 nitrogen and oxygen atoms in total. The molecule has 2 aromatic rings. The maximum atomic E-state index is 11.0. The Morgan fingerprint density at radius 3 is 2.50 bits per heavy atom. The first-order valence-corrected chi connectivity index (χ1v) is 12.0. The van der Waals surface area contributed by atoms with E-state index < -0.39 is 5.60 Å². The molecule has 0 atom stereocenters. The van der Waals surface area contributed by atoms with Crippen LogP contribution in [0.2, 0.25) is 5.02 Å². The lowest BCUT2D eigenvalue weighted by molar-refractivity contribution is -0.00273. The normalized spacial score (nSPS) is 18.5. The fraction of sp³-hybridized carbons (Fsp3) is 0.500. The summed E-state index contributed by atoms with van der Waals surface area (Å²) in [5.41, 5.74) is 3.26. The Kier molecular flexibility index (Phi) is 7.25. The Labute approximate surface area is 196 Å². The van der Waals surface area contributed by atoms with Crippen LogP contribution in [-0.4, -0.2) is 48.4 Å². The summed E-state index contributed by atoms with van der Waals surface area (Å²) in [6, 6.07) is 14.1. The van der Waals surface area contributed by atoms with Gasteiger partial charge in [0.1, 0.15) is 11.8 Å². The average molecular weight is 454 g/mol. The van der Waals surface area contributed by atoms with Crippen molar-refractivity contribution < 1.29 is 9.84 Å². The van der Waals surface area contributed by atoms with E-state index in [2.05, 4.69) is 41.0 Å². The topological polar surface area (TPSA) is 59.7 Å². The number of rotatable bonds is 7. The van der Waals surface area contributed by atoms with Crippen molar-refractivity contribution in [3.63, 3.8) is 0 Å². The molecule has 0 aliphatic carbocycles. The monoisotopic (exact) mass is 453 g/mol. The Balaban J connectivity index is 1.25. The molecular weight excluding hydrogens is 422 g/mol. The van der Waals surface area contributed by atoms with Crippen molar-refractivity contribution in [2.45, 2.75) is 51.2 Å². The summed E-state index contributed by atoms with van der Waals surface area (Å²) in [5.74, 6) is 0.906. The summed E-state index contributed by atoms with van der Waals surface area (Å²) in [7, 11) is 0. The van der Waals surface area contributed by atoms with E-state index in [1.54, 1.807) is 6.07 Å². The average Bonchev–Trinajstić information content (AvgIpc) is 3.29. The predicted molar refractivity (Wildman–Crippen MR) is 128 cm³/mol. The molecule has 2 aromatic carbocycles. The number of nitrogens with zero attached hydrogens (tertiary/aromatic N) is 3. The molecule has 0 amide bonds. The molecule has 2 fully saturated rings. The van der Waals surface area contributed by atoms with Crippen LogP contribution in [0.5, 0.6) is 5.75 Å². The van der Waals surface area contributed by atoms with Gasteiger partial charge in [0.15, 0.2) is 0 Å². The number of benzene rings is 2. The molecule has 0 aromatic heterocycles. The number of ether oxygens (including phenoxy) is 1. The molecule has 0 saturated carbocycles. The number of anilines is 1. The number of aliphatic hydroxyl groups is 1. The minimum absolute atomic E-state index is 0.473. The SMILES string of the molecule is Cc1cc(CN2CCCC2)ccc1OCCC1(O)CCN(c2ccc(C#N)c(Cl)c2)CC1. The van der Waals surface area contributed by atoms with Crippen LogP contribution in [0, 0.1) is 18.3 Å². The molecule has 32 heavy (non-hydrogen) atoms. The highest BCUT2D eigenvalue weighted by atomic mass is 35.5. The van der Waals surface area contributed by atoms with Crippen molar-refractivity contribution in [3.8, 4) is 11.8 Å². The van der Waals surface area contributed by atoms with Crippen molar-refractivity contribution in [2.75, 3.05) is 37.7 Å². The van der Waals surface area contributed by atoms with Gasteiger partial charge in [-0.15, -0.1) is 0 Å². The Bertz CT molecular complexity index is 974. The fourth-order valence-corrected chi connectivity index (χ4v) is 4.96. The number of piperidine rings is 1. The molecule has 4 rings (SSSR count). The van der Waals surface area contributed by atoms with Crippen molar-refractivity contribution in [1.82, 2.24) is 4.90 Å². The van der Waals surface area contributed by atoms with E-state index in [0.717, 1.165) is 36.6 Å². The minimum atomic E-state index is -0.712. The zero-order valence-corrected chi connectivity index (χ0v) is 19.6. The zero-order valence-electron chi connectivity index (χ0n) is 18.8. The summed E-state index contributed by atoms with van der Waals surface area (Å²) in [6.07, 6.45) is 4.59. The molecule has 2 heterocycles. The molecule has 0 bridgehead atoms. The second kappa shape index (κ2) is 10.1. The van der Waals surface area contributed by atoms with Crippen LogP contribution in [0.25, 0.3) is 0 Å². The molecule has 0 radical (unpaired) electrons. The van der Waals surface area contributed by atoms with Crippen LogP contribution in [0.1, 0.15) is 48.8 Å². The molecule has 2 aliphatic heterocycles. The summed E-state index contributed by atoms with van der Waals surface area (Å²) < 4.78 is 6.05. The lowest BCUT2D eigenvalue weighted by Crippen LogP contribution is -2.45. The molecule has 2 aliphatic rings.